The highest BCUT2D eigenvalue weighted by Crippen LogP contribution is 2.44. The first kappa shape index (κ1) is 24.3. The molecule has 9 nitrogen and oxygen atoms in total. The summed E-state index contributed by atoms with van der Waals surface area (Å²) in [6.07, 6.45) is 0.121. The number of alkyl halides is 2. The molecule has 0 spiro atoms. The molecule has 2 N–H and O–H groups in total. The lowest BCUT2D eigenvalue weighted by Crippen LogP contribution is -2.40. The van der Waals surface area contributed by atoms with E-state index in [0.717, 1.165) is 5.56 Å². The van der Waals surface area contributed by atoms with Crippen LogP contribution in [-0.4, -0.2) is 48.9 Å². The summed E-state index contributed by atoms with van der Waals surface area (Å²) in [4.78, 5) is 24.4. The van der Waals surface area contributed by atoms with E-state index in [9.17, 15) is 18.4 Å². The van der Waals surface area contributed by atoms with E-state index in [0.29, 0.717) is 11.3 Å². The Bertz CT molecular complexity index is 950. The van der Waals surface area contributed by atoms with Crippen molar-refractivity contribution in [2.45, 2.75) is 37.8 Å². The van der Waals surface area contributed by atoms with E-state index in [1.54, 1.807) is 19.2 Å². The number of benzene rings is 1. The molecule has 1 aromatic heterocycles. The molecule has 3 rings (SSSR count). The minimum atomic E-state index is -2.67. The summed E-state index contributed by atoms with van der Waals surface area (Å²) in [6.45, 7) is 0.347. The Hall–Kier alpha value is -3.34. The van der Waals surface area contributed by atoms with Crippen molar-refractivity contribution < 1.29 is 32.6 Å². The van der Waals surface area contributed by atoms with Crippen LogP contribution in [0, 0.1) is 5.92 Å². The fourth-order valence-electron chi connectivity index (χ4n) is 3.48. The minimum absolute atomic E-state index is 0.00540. The fraction of sp³-hybridized carbons (Fsp3) is 0.455. The Labute approximate surface area is 189 Å². The highest BCUT2D eigenvalue weighted by atomic mass is 19.3. The number of hydrogen-bond acceptors (Lipinski definition) is 7. The number of methoxy groups -OCH3 is 2. The van der Waals surface area contributed by atoms with Gasteiger partial charge in [0.25, 0.3) is 0 Å². The zero-order valence-electron chi connectivity index (χ0n) is 18.3. The maximum atomic E-state index is 13.0. The summed E-state index contributed by atoms with van der Waals surface area (Å²) in [6, 6.07) is 8.02. The van der Waals surface area contributed by atoms with Gasteiger partial charge in [0.05, 0.1) is 26.0 Å². The lowest BCUT2D eigenvalue weighted by atomic mass is 9.79. The van der Waals surface area contributed by atoms with Crippen LogP contribution in [0.2, 0.25) is 0 Å². The molecule has 0 saturated heterocycles. The third-order valence-corrected chi connectivity index (χ3v) is 5.17. The Morgan fingerprint density at radius 2 is 1.94 bits per heavy atom. The SMILES string of the molecule is COCC(NC(=O)CC1CC(F)(F)C1)c1cnnc(OC(=O)NCc2ccc(OC)cc2)c1. The topological polar surface area (TPSA) is 112 Å². The molecule has 1 fully saturated rings. The average molecular weight is 464 g/mol. The van der Waals surface area contributed by atoms with Crippen molar-refractivity contribution >= 4 is 12.0 Å². The van der Waals surface area contributed by atoms with Gasteiger partial charge in [0.1, 0.15) is 5.75 Å². The molecule has 1 saturated carbocycles. The molecule has 1 heterocycles. The number of hydrogen-bond donors (Lipinski definition) is 2. The minimum Gasteiger partial charge on any atom is -0.497 e. The molecule has 1 atom stereocenters. The summed E-state index contributed by atoms with van der Waals surface area (Å²) in [5, 5.41) is 13.0. The van der Waals surface area contributed by atoms with Crippen molar-refractivity contribution in [3.8, 4) is 11.6 Å². The van der Waals surface area contributed by atoms with Gasteiger partial charge in [0.15, 0.2) is 0 Å². The first-order valence-corrected chi connectivity index (χ1v) is 10.4. The fourth-order valence-corrected chi connectivity index (χ4v) is 3.48. The van der Waals surface area contributed by atoms with Crippen molar-refractivity contribution in [1.82, 2.24) is 20.8 Å². The zero-order chi connectivity index (χ0) is 23.8. The van der Waals surface area contributed by atoms with Crippen molar-refractivity contribution in [2.24, 2.45) is 5.92 Å². The number of carbonyl (C=O) groups is 2. The van der Waals surface area contributed by atoms with Crippen LogP contribution in [0.3, 0.4) is 0 Å². The van der Waals surface area contributed by atoms with Gasteiger partial charge in [0, 0.05) is 44.5 Å². The molecule has 1 aliphatic carbocycles. The van der Waals surface area contributed by atoms with Gasteiger partial charge in [-0.2, -0.15) is 5.10 Å². The van der Waals surface area contributed by atoms with Gasteiger partial charge in [-0.3, -0.25) is 4.79 Å². The second-order valence-corrected chi connectivity index (χ2v) is 7.83. The number of nitrogens with one attached hydrogen (secondary N) is 2. The second-order valence-electron chi connectivity index (χ2n) is 7.83. The Morgan fingerprint density at radius 3 is 2.58 bits per heavy atom. The highest BCUT2D eigenvalue weighted by molar-refractivity contribution is 5.77. The van der Waals surface area contributed by atoms with Crippen molar-refractivity contribution in [3.05, 3.63) is 47.7 Å². The van der Waals surface area contributed by atoms with Gasteiger partial charge in [-0.05, 0) is 23.6 Å². The molecule has 1 unspecified atom stereocenters. The molecule has 0 aliphatic heterocycles. The summed E-state index contributed by atoms with van der Waals surface area (Å²) < 4.78 is 41.4. The van der Waals surface area contributed by atoms with E-state index in [1.165, 1.54) is 19.4 Å². The number of rotatable bonds is 10. The van der Waals surface area contributed by atoms with E-state index in [4.69, 9.17) is 14.2 Å². The van der Waals surface area contributed by atoms with Crippen LogP contribution in [0.4, 0.5) is 13.6 Å². The third kappa shape index (κ3) is 7.35. The standard InChI is InChI=1S/C22H26F2N4O5/c1-31-13-18(27-19(29)7-15-9-22(23,24)10-15)16-8-20(28-26-12-16)33-21(30)25-11-14-3-5-17(32-2)6-4-14/h3-6,8,12,15,18H,7,9-11,13H2,1-2H3,(H,25,30)(H,27,29). The predicted octanol–water partition coefficient (Wildman–Crippen LogP) is 3.01. The quantitative estimate of drug-likeness (QED) is 0.556. The summed E-state index contributed by atoms with van der Waals surface area (Å²) >= 11 is 0. The van der Waals surface area contributed by atoms with Gasteiger partial charge in [-0.15, -0.1) is 5.10 Å². The summed E-state index contributed by atoms with van der Waals surface area (Å²) in [7, 11) is 3.03. The number of ether oxygens (including phenoxy) is 3. The van der Waals surface area contributed by atoms with E-state index in [2.05, 4.69) is 20.8 Å². The monoisotopic (exact) mass is 464 g/mol. The smallest absolute Gasteiger partial charge is 0.414 e. The average Bonchev–Trinajstić information content (AvgIpc) is 2.76. The predicted molar refractivity (Wildman–Crippen MR) is 113 cm³/mol. The Kier molecular flexibility index (Phi) is 8.10. The highest BCUT2D eigenvalue weighted by Gasteiger charge is 2.45. The summed E-state index contributed by atoms with van der Waals surface area (Å²) in [5.41, 5.74) is 1.34. The Balaban J connectivity index is 1.54. The van der Waals surface area contributed by atoms with Crippen LogP contribution >= 0.6 is 0 Å². The van der Waals surface area contributed by atoms with Crippen LogP contribution in [0.15, 0.2) is 36.5 Å². The lowest BCUT2D eigenvalue weighted by molar-refractivity contribution is -0.134. The van der Waals surface area contributed by atoms with Crippen LogP contribution in [-0.2, 0) is 16.1 Å². The van der Waals surface area contributed by atoms with Crippen LogP contribution in [0.1, 0.15) is 36.4 Å². The maximum absolute atomic E-state index is 13.0. The van der Waals surface area contributed by atoms with Gasteiger partial charge in [-0.25, -0.2) is 13.6 Å². The maximum Gasteiger partial charge on any atom is 0.414 e. The number of amides is 2. The van der Waals surface area contributed by atoms with Crippen molar-refractivity contribution in [2.75, 3.05) is 20.8 Å². The van der Waals surface area contributed by atoms with Crippen molar-refractivity contribution in [1.29, 1.82) is 0 Å². The first-order valence-electron chi connectivity index (χ1n) is 10.4. The molecule has 2 amide bonds. The molecular weight excluding hydrogens is 438 g/mol. The molecular formula is C22H26F2N4O5. The zero-order valence-corrected chi connectivity index (χ0v) is 18.3. The Morgan fingerprint density at radius 1 is 1.21 bits per heavy atom. The largest absolute Gasteiger partial charge is 0.497 e. The number of halogens is 2. The van der Waals surface area contributed by atoms with Crippen molar-refractivity contribution in [3.63, 3.8) is 0 Å². The second kappa shape index (κ2) is 11.0. The van der Waals surface area contributed by atoms with Crippen LogP contribution in [0.25, 0.3) is 0 Å². The van der Waals surface area contributed by atoms with Gasteiger partial charge in [-0.1, -0.05) is 12.1 Å². The molecule has 1 aliphatic rings. The number of aromatic nitrogens is 2. The molecule has 178 valence electrons. The van der Waals surface area contributed by atoms with E-state index >= 15 is 0 Å². The molecule has 0 radical (unpaired) electrons. The lowest BCUT2D eigenvalue weighted by Gasteiger charge is -2.34. The van der Waals surface area contributed by atoms with Gasteiger partial charge < -0.3 is 24.8 Å². The number of carbonyl (C=O) groups excluding carboxylic acids is 2. The molecule has 11 heteroatoms. The molecule has 33 heavy (non-hydrogen) atoms. The normalized spacial score (nSPS) is 15.8. The summed E-state index contributed by atoms with van der Waals surface area (Å²) in [5.74, 6) is -2.74. The van der Waals surface area contributed by atoms with Crippen LogP contribution < -0.4 is 20.1 Å². The first-order chi connectivity index (χ1) is 15.8. The molecule has 0 bridgehead atoms. The van der Waals surface area contributed by atoms with Gasteiger partial charge in [0.2, 0.25) is 17.7 Å². The third-order valence-electron chi connectivity index (χ3n) is 5.17. The van der Waals surface area contributed by atoms with E-state index in [-0.39, 0.29) is 50.1 Å². The van der Waals surface area contributed by atoms with Gasteiger partial charge >= 0.3 is 6.09 Å². The molecule has 1 aromatic carbocycles. The molecule has 2 aromatic rings. The van der Waals surface area contributed by atoms with E-state index < -0.39 is 18.1 Å². The number of nitrogens with zero attached hydrogens (tertiary/aromatic N) is 2. The van der Waals surface area contributed by atoms with E-state index in [1.807, 2.05) is 12.1 Å². The van der Waals surface area contributed by atoms with Crippen LogP contribution in [0.5, 0.6) is 11.6 Å².